The first-order chi connectivity index (χ1) is 9.82. The molecule has 0 saturated heterocycles. The van der Waals surface area contributed by atoms with E-state index in [0.717, 1.165) is 13.0 Å². The fourth-order valence-electron chi connectivity index (χ4n) is 1.79. The average molecular weight is 296 g/mol. The molecule has 0 aliphatic carbocycles. The van der Waals surface area contributed by atoms with Gasteiger partial charge in [0.05, 0.1) is 18.4 Å². The second-order valence-corrected chi connectivity index (χ2v) is 4.28. The zero-order chi connectivity index (χ0) is 15.6. The van der Waals surface area contributed by atoms with Crippen LogP contribution in [0.4, 0.5) is 13.2 Å². The van der Waals surface area contributed by atoms with Gasteiger partial charge >= 0.3 is 6.18 Å². The van der Waals surface area contributed by atoms with Gasteiger partial charge in [0.2, 0.25) is 0 Å². The summed E-state index contributed by atoms with van der Waals surface area (Å²) in [7, 11) is 1.45. The summed E-state index contributed by atoms with van der Waals surface area (Å²) in [4.78, 5) is 11.2. The molecule has 2 rings (SSSR count). The van der Waals surface area contributed by atoms with Gasteiger partial charge in [-0.15, -0.1) is 10.2 Å². The average Bonchev–Trinajstić information content (AvgIpc) is 2.45. The van der Waals surface area contributed by atoms with E-state index < -0.39 is 23.2 Å². The third kappa shape index (κ3) is 3.18. The Kier molecular flexibility index (Phi) is 3.93. The van der Waals surface area contributed by atoms with E-state index in [1.54, 1.807) is 18.2 Å². The molecule has 110 valence electrons. The summed E-state index contributed by atoms with van der Waals surface area (Å²) in [5.74, 6) is -0.300. The Morgan fingerprint density at radius 2 is 1.90 bits per heavy atom. The molecular formula is C14H11F3N2O2. The Balaban J connectivity index is 2.58. The number of carbonyl (C=O) groups excluding carboxylic acids is 1. The van der Waals surface area contributed by atoms with Gasteiger partial charge in [-0.25, -0.2) is 0 Å². The number of methoxy groups -OCH3 is 1. The summed E-state index contributed by atoms with van der Waals surface area (Å²) in [6.45, 7) is 1.02. The number of nitrogens with zero attached hydrogens (tertiary/aromatic N) is 2. The van der Waals surface area contributed by atoms with Gasteiger partial charge in [0, 0.05) is 12.5 Å². The minimum atomic E-state index is -4.68. The lowest BCUT2D eigenvalue weighted by Gasteiger charge is -2.11. The molecule has 0 unspecified atom stereocenters. The molecule has 7 heteroatoms. The Hall–Kier alpha value is -2.44. The molecule has 0 radical (unpaired) electrons. The largest absolute Gasteiger partial charge is 0.497 e. The number of alkyl halides is 3. The minimum absolute atomic E-state index is 0.0197. The lowest BCUT2D eigenvalue weighted by molar-refractivity contribution is -0.138. The number of carbonyl (C=O) groups is 1. The van der Waals surface area contributed by atoms with Crippen LogP contribution in [0, 0.1) is 0 Å². The number of Topliss-reactive ketones (excluding diaryl/α,β-unsaturated/α-hetero) is 1. The van der Waals surface area contributed by atoms with E-state index in [1.807, 2.05) is 0 Å². The van der Waals surface area contributed by atoms with Crippen molar-refractivity contribution in [2.24, 2.45) is 0 Å². The molecule has 0 N–H and O–H groups in total. The first kappa shape index (κ1) is 15.0. The topological polar surface area (TPSA) is 52.1 Å². The van der Waals surface area contributed by atoms with Gasteiger partial charge < -0.3 is 4.74 Å². The Labute approximate surface area is 118 Å². The maximum absolute atomic E-state index is 13.0. The lowest BCUT2D eigenvalue weighted by atomic mass is 10.1. The van der Waals surface area contributed by atoms with Crippen molar-refractivity contribution in [3.63, 3.8) is 0 Å². The number of halogens is 3. The number of aromatic nitrogens is 2. The highest BCUT2D eigenvalue weighted by atomic mass is 19.4. The standard InChI is InChI=1S/C14H11F3N2O2/c1-8(20)13-11(14(15,16)17)7-12(18-19-13)9-4-3-5-10(6-9)21-2/h3-7H,1-2H3. The normalized spacial score (nSPS) is 11.3. The SMILES string of the molecule is COc1cccc(-c2cc(C(F)(F)F)c(C(C)=O)nn2)c1. The number of rotatable bonds is 3. The molecule has 0 aliphatic rings. The summed E-state index contributed by atoms with van der Waals surface area (Å²) < 4.78 is 44.0. The molecule has 21 heavy (non-hydrogen) atoms. The van der Waals surface area contributed by atoms with E-state index in [4.69, 9.17) is 4.74 Å². The zero-order valence-corrected chi connectivity index (χ0v) is 11.2. The molecule has 1 aromatic heterocycles. The molecule has 0 amide bonds. The minimum Gasteiger partial charge on any atom is -0.497 e. The molecule has 1 aromatic carbocycles. The van der Waals surface area contributed by atoms with Crippen LogP contribution in [0.2, 0.25) is 0 Å². The fraction of sp³-hybridized carbons (Fsp3) is 0.214. The summed E-state index contributed by atoms with van der Waals surface area (Å²) in [5.41, 5.74) is -1.34. The van der Waals surface area contributed by atoms with Crippen LogP contribution < -0.4 is 4.74 Å². The molecule has 0 saturated carbocycles. The monoisotopic (exact) mass is 296 g/mol. The van der Waals surface area contributed by atoms with Crippen molar-refractivity contribution in [1.29, 1.82) is 0 Å². The van der Waals surface area contributed by atoms with E-state index in [-0.39, 0.29) is 5.69 Å². The number of hydrogen-bond acceptors (Lipinski definition) is 4. The predicted octanol–water partition coefficient (Wildman–Crippen LogP) is 3.37. The third-order valence-electron chi connectivity index (χ3n) is 2.80. The van der Waals surface area contributed by atoms with Crippen LogP contribution in [-0.2, 0) is 6.18 Å². The van der Waals surface area contributed by atoms with Crippen molar-refractivity contribution < 1.29 is 22.7 Å². The van der Waals surface area contributed by atoms with Gasteiger partial charge in [0.1, 0.15) is 11.4 Å². The van der Waals surface area contributed by atoms with Gasteiger partial charge in [-0.2, -0.15) is 13.2 Å². The first-order valence-corrected chi connectivity index (χ1v) is 5.93. The molecule has 0 atom stereocenters. The van der Waals surface area contributed by atoms with E-state index in [0.29, 0.717) is 11.3 Å². The predicted molar refractivity (Wildman–Crippen MR) is 69.0 cm³/mol. The quantitative estimate of drug-likeness (QED) is 0.815. The summed E-state index contributed by atoms with van der Waals surface area (Å²) in [5, 5.41) is 7.11. The van der Waals surface area contributed by atoms with Gasteiger partial charge in [-0.1, -0.05) is 12.1 Å². The molecule has 2 aromatic rings. The molecule has 0 fully saturated rings. The Morgan fingerprint density at radius 1 is 1.19 bits per heavy atom. The first-order valence-electron chi connectivity index (χ1n) is 5.93. The highest BCUT2D eigenvalue weighted by molar-refractivity contribution is 5.93. The smallest absolute Gasteiger partial charge is 0.418 e. The highest BCUT2D eigenvalue weighted by Crippen LogP contribution is 2.33. The molecular weight excluding hydrogens is 285 g/mol. The molecule has 0 aliphatic heterocycles. The Morgan fingerprint density at radius 3 is 2.48 bits per heavy atom. The van der Waals surface area contributed by atoms with Gasteiger partial charge in [-0.3, -0.25) is 4.79 Å². The van der Waals surface area contributed by atoms with Crippen molar-refractivity contribution in [2.75, 3.05) is 7.11 Å². The Bertz CT molecular complexity index is 684. The number of benzene rings is 1. The van der Waals surface area contributed by atoms with Crippen molar-refractivity contribution in [3.8, 4) is 17.0 Å². The fourth-order valence-corrected chi connectivity index (χ4v) is 1.79. The van der Waals surface area contributed by atoms with Gasteiger partial charge in [-0.05, 0) is 18.2 Å². The van der Waals surface area contributed by atoms with E-state index in [1.165, 1.54) is 13.2 Å². The zero-order valence-electron chi connectivity index (χ0n) is 11.2. The van der Waals surface area contributed by atoms with Crippen LogP contribution >= 0.6 is 0 Å². The molecule has 0 bridgehead atoms. The van der Waals surface area contributed by atoms with Crippen LogP contribution in [-0.4, -0.2) is 23.1 Å². The van der Waals surface area contributed by atoms with Crippen LogP contribution in [0.15, 0.2) is 30.3 Å². The van der Waals surface area contributed by atoms with Gasteiger partial charge in [0.15, 0.2) is 5.78 Å². The van der Waals surface area contributed by atoms with Crippen molar-refractivity contribution >= 4 is 5.78 Å². The maximum Gasteiger partial charge on any atom is 0.418 e. The number of ether oxygens (including phenoxy) is 1. The van der Waals surface area contributed by atoms with Crippen molar-refractivity contribution in [3.05, 3.63) is 41.6 Å². The van der Waals surface area contributed by atoms with E-state index in [2.05, 4.69) is 10.2 Å². The van der Waals surface area contributed by atoms with Crippen LogP contribution in [0.3, 0.4) is 0 Å². The molecule has 1 heterocycles. The van der Waals surface area contributed by atoms with Crippen LogP contribution in [0.1, 0.15) is 23.0 Å². The molecule has 0 spiro atoms. The third-order valence-corrected chi connectivity index (χ3v) is 2.80. The second-order valence-electron chi connectivity index (χ2n) is 4.28. The van der Waals surface area contributed by atoms with Crippen LogP contribution in [0.5, 0.6) is 5.75 Å². The second kappa shape index (κ2) is 5.51. The van der Waals surface area contributed by atoms with E-state index in [9.17, 15) is 18.0 Å². The van der Waals surface area contributed by atoms with Crippen LogP contribution in [0.25, 0.3) is 11.3 Å². The highest BCUT2D eigenvalue weighted by Gasteiger charge is 2.36. The lowest BCUT2D eigenvalue weighted by Crippen LogP contribution is -2.15. The number of hydrogen-bond donors (Lipinski definition) is 0. The van der Waals surface area contributed by atoms with Crippen molar-refractivity contribution in [1.82, 2.24) is 10.2 Å². The number of ketones is 1. The van der Waals surface area contributed by atoms with E-state index >= 15 is 0 Å². The summed E-state index contributed by atoms with van der Waals surface area (Å²) >= 11 is 0. The summed E-state index contributed by atoms with van der Waals surface area (Å²) in [6, 6.07) is 7.23. The molecule has 4 nitrogen and oxygen atoms in total. The summed E-state index contributed by atoms with van der Waals surface area (Å²) in [6.07, 6.45) is -4.68. The van der Waals surface area contributed by atoms with Gasteiger partial charge in [0.25, 0.3) is 0 Å². The van der Waals surface area contributed by atoms with Crippen molar-refractivity contribution in [2.45, 2.75) is 13.1 Å². The maximum atomic E-state index is 13.0.